The number of hydrogen-bond acceptors (Lipinski definition) is 4. The van der Waals surface area contributed by atoms with Crippen LogP contribution in [0.25, 0.3) is 0 Å². The van der Waals surface area contributed by atoms with Gasteiger partial charge in [-0.25, -0.2) is 4.98 Å². The Hall–Kier alpha value is -1.62. The maximum Gasteiger partial charge on any atom is 0.272 e. The highest BCUT2D eigenvalue weighted by Gasteiger charge is 2.24. The van der Waals surface area contributed by atoms with Crippen molar-refractivity contribution < 1.29 is 9.90 Å². The van der Waals surface area contributed by atoms with Crippen LogP contribution in [0.15, 0.2) is 18.2 Å². The quantitative estimate of drug-likeness (QED) is 0.843. The molecular weight excluding hydrogens is 266 g/mol. The summed E-state index contributed by atoms with van der Waals surface area (Å²) in [5.41, 5.74) is 0.501. The van der Waals surface area contributed by atoms with Crippen LogP contribution in [-0.4, -0.2) is 47.1 Å². The minimum atomic E-state index is -0.00205. The van der Waals surface area contributed by atoms with Gasteiger partial charge in [0.25, 0.3) is 5.91 Å². The molecule has 1 unspecified atom stereocenters. The molecule has 1 fully saturated rings. The third-order valence-corrected chi connectivity index (χ3v) is 3.87. The van der Waals surface area contributed by atoms with Gasteiger partial charge in [-0.2, -0.15) is 0 Å². The van der Waals surface area contributed by atoms with Crippen molar-refractivity contribution in [2.75, 3.05) is 31.6 Å². The zero-order valence-electron chi connectivity index (χ0n) is 12.7. The fourth-order valence-electron chi connectivity index (χ4n) is 2.74. The number of aromatic nitrogens is 1. The number of carbonyl (C=O) groups excluding carboxylic acids is 1. The first-order valence-corrected chi connectivity index (χ1v) is 7.85. The number of nitrogens with one attached hydrogen (secondary N) is 1. The second-order valence-electron chi connectivity index (χ2n) is 5.61. The largest absolute Gasteiger partial charge is 0.396 e. The average molecular weight is 291 g/mol. The molecule has 1 atom stereocenters. The van der Waals surface area contributed by atoms with Crippen LogP contribution in [-0.2, 0) is 0 Å². The van der Waals surface area contributed by atoms with Crippen LogP contribution in [0.1, 0.15) is 43.1 Å². The Labute approximate surface area is 126 Å². The van der Waals surface area contributed by atoms with Gasteiger partial charge in [0.15, 0.2) is 0 Å². The van der Waals surface area contributed by atoms with Crippen LogP contribution in [0.4, 0.5) is 5.82 Å². The van der Waals surface area contributed by atoms with E-state index in [1.807, 2.05) is 17.0 Å². The van der Waals surface area contributed by atoms with Gasteiger partial charge < -0.3 is 15.3 Å². The van der Waals surface area contributed by atoms with E-state index in [0.29, 0.717) is 11.6 Å². The number of aliphatic hydroxyl groups is 1. The van der Waals surface area contributed by atoms with Crippen molar-refractivity contribution in [1.82, 2.24) is 9.88 Å². The van der Waals surface area contributed by atoms with Gasteiger partial charge in [0.05, 0.1) is 0 Å². The fraction of sp³-hybridized carbons (Fsp3) is 0.625. The average Bonchev–Trinajstić information content (AvgIpc) is 2.53. The summed E-state index contributed by atoms with van der Waals surface area (Å²) < 4.78 is 0. The molecule has 2 rings (SSSR count). The molecule has 21 heavy (non-hydrogen) atoms. The van der Waals surface area contributed by atoms with E-state index in [9.17, 15) is 4.79 Å². The van der Waals surface area contributed by atoms with Gasteiger partial charge in [-0.05, 0) is 43.7 Å². The van der Waals surface area contributed by atoms with E-state index in [-0.39, 0.29) is 12.5 Å². The standard InChI is InChI=1S/C16H25N3O2/c1-2-9-17-15-7-3-6-14(18-15)16(21)19-10-4-5-13(12-19)8-11-20/h3,6-7,13,20H,2,4-5,8-12H2,1H3,(H,17,18). The molecule has 0 bridgehead atoms. The summed E-state index contributed by atoms with van der Waals surface area (Å²) in [4.78, 5) is 18.8. The first-order chi connectivity index (χ1) is 10.2. The van der Waals surface area contributed by atoms with Crippen molar-refractivity contribution in [2.45, 2.75) is 32.6 Å². The lowest BCUT2D eigenvalue weighted by Crippen LogP contribution is -2.40. The summed E-state index contributed by atoms with van der Waals surface area (Å²) in [7, 11) is 0. The van der Waals surface area contributed by atoms with Crippen LogP contribution in [0.3, 0.4) is 0 Å². The minimum absolute atomic E-state index is 0.00205. The lowest BCUT2D eigenvalue weighted by Gasteiger charge is -2.32. The number of rotatable bonds is 6. The number of aliphatic hydroxyl groups excluding tert-OH is 1. The van der Waals surface area contributed by atoms with Gasteiger partial charge >= 0.3 is 0 Å². The summed E-state index contributed by atoms with van der Waals surface area (Å²) in [5, 5.41) is 12.3. The zero-order chi connectivity index (χ0) is 15.1. The molecule has 116 valence electrons. The highest BCUT2D eigenvalue weighted by atomic mass is 16.3. The Balaban J connectivity index is 2.01. The SMILES string of the molecule is CCCNc1cccc(C(=O)N2CCCC(CCO)C2)n1. The Morgan fingerprint density at radius 3 is 3.14 bits per heavy atom. The highest BCUT2D eigenvalue weighted by Crippen LogP contribution is 2.21. The van der Waals surface area contributed by atoms with E-state index >= 15 is 0 Å². The maximum atomic E-state index is 12.5. The predicted molar refractivity (Wildman–Crippen MR) is 83.3 cm³/mol. The first-order valence-electron chi connectivity index (χ1n) is 7.85. The van der Waals surface area contributed by atoms with E-state index in [4.69, 9.17) is 5.11 Å². The number of likely N-dealkylation sites (tertiary alicyclic amines) is 1. The van der Waals surface area contributed by atoms with Crippen LogP contribution in [0.2, 0.25) is 0 Å². The molecule has 1 aliphatic rings. The summed E-state index contributed by atoms with van der Waals surface area (Å²) in [6.07, 6.45) is 3.89. The van der Waals surface area contributed by atoms with Crippen LogP contribution < -0.4 is 5.32 Å². The van der Waals surface area contributed by atoms with E-state index in [1.165, 1.54) is 0 Å². The molecule has 1 aromatic heterocycles. The molecule has 0 aliphatic carbocycles. The van der Waals surface area contributed by atoms with E-state index in [0.717, 1.165) is 51.1 Å². The number of anilines is 1. The molecule has 5 heteroatoms. The predicted octanol–water partition coefficient (Wildman–Crippen LogP) is 2.14. The van der Waals surface area contributed by atoms with Gasteiger partial charge in [0, 0.05) is 26.2 Å². The molecule has 2 heterocycles. The number of pyridine rings is 1. The Morgan fingerprint density at radius 1 is 1.52 bits per heavy atom. The third-order valence-electron chi connectivity index (χ3n) is 3.87. The molecule has 2 N–H and O–H groups in total. The van der Waals surface area contributed by atoms with E-state index < -0.39 is 0 Å². The van der Waals surface area contributed by atoms with Crippen LogP contribution in [0.5, 0.6) is 0 Å². The normalized spacial score (nSPS) is 18.6. The number of nitrogens with zero attached hydrogens (tertiary/aromatic N) is 2. The summed E-state index contributed by atoms with van der Waals surface area (Å²) in [6.45, 7) is 4.66. The monoisotopic (exact) mass is 291 g/mol. The van der Waals surface area contributed by atoms with Crippen molar-refractivity contribution in [2.24, 2.45) is 5.92 Å². The van der Waals surface area contributed by atoms with Crippen LogP contribution in [0, 0.1) is 5.92 Å². The Morgan fingerprint density at radius 2 is 2.38 bits per heavy atom. The van der Waals surface area contributed by atoms with Gasteiger partial charge in [0.1, 0.15) is 11.5 Å². The Kier molecular flexibility index (Phi) is 5.99. The van der Waals surface area contributed by atoms with Gasteiger partial charge in [-0.15, -0.1) is 0 Å². The van der Waals surface area contributed by atoms with Gasteiger partial charge in [0.2, 0.25) is 0 Å². The molecule has 0 spiro atoms. The zero-order valence-corrected chi connectivity index (χ0v) is 12.7. The van der Waals surface area contributed by atoms with Crippen molar-refractivity contribution in [1.29, 1.82) is 0 Å². The molecule has 1 aliphatic heterocycles. The topological polar surface area (TPSA) is 65.5 Å². The molecule has 0 saturated carbocycles. The van der Waals surface area contributed by atoms with E-state index in [1.54, 1.807) is 6.07 Å². The second kappa shape index (κ2) is 7.98. The highest BCUT2D eigenvalue weighted by molar-refractivity contribution is 5.92. The van der Waals surface area contributed by atoms with Crippen LogP contribution >= 0.6 is 0 Å². The fourth-order valence-corrected chi connectivity index (χ4v) is 2.74. The molecule has 1 aromatic rings. The lowest BCUT2D eigenvalue weighted by molar-refractivity contribution is 0.0648. The lowest BCUT2D eigenvalue weighted by atomic mass is 9.95. The maximum absolute atomic E-state index is 12.5. The molecule has 1 saturated heterocycles. The van der Waals surface area contributed by atoms with Gasteiger partial charge in [-0.1, -0.05) is 13.0 Å². The third kappa shape index (κ3) is 4.43. The smallest absolute Gasteiger partial charge is 0.272 e. The minimum Gasteiger partial charge on any atom is -0.396 e. The van der Waals surface area contributed by atoms with Crippen molar-refractivity contribution in [3.63, 3.8) is 0 Å². The molecule has 1 amide bonds. The van der Waals surface area contributed by atoms with Crippen molar-refractivity contribution in [3.8, 4) is 0 Å². The van der Waals surface area contributed by atoms with Crippen molar-refractivity contribution in [3.05, 3.63) is 23.9 Å². The number of amides is 1. The number of hydrogen-bond donors (Lipinski definition) is 2. The summed E-state index contributed by atoms with van der Waals surface area (Å²) >= 11 is 0. The molecule has 0 aromatic carbocycles. The number of carbonyl (C=O) groups is 1. The summed E-state index contributed by atoms with van der Waals surface area (Å²) in [5.74, 6) is 1.17. The second-order valence-corrected chi connectivity index (χ2v) is 5.61. The first kappa shape index (κ1) is 15.8. The molecule has 0 radical (unpaired) electrons. The Bertz CT molecular complexity index is 463. The summed E-state index contributed by atoms with van der Waals surface area (Å²) in [6, 6.07) is 5.53. The van der Waals surface area contributed by atoms with Gasteiger partial charge in [-0.3, -0.25) is 4.79 Å². The molecular formula is C16H25N3O2. The molecule has 5 nitrogen and oxygen atoms in total. The van der Waals surface area contributed by atoms with E-state index in [2.05, 4.69) is 17.2 Å². The number of piperidine rings is 1. The van der Waals surface area contributed by atoms with Crippen molar-refractivity contribution >= 4 is 11.7 Å².